The normalized spacial score (nSPS) is 15.9. The summed E-state index contributed by atoms with van der Waals surface area (Å²) in [6.07, 6.45) is 2.96. The highest BCUT2D eigenvalue weighted by molar-refractivity contribution is 6.67. The lowest BCUT2D eigenvalue weighted by Crippen LogP contribution is -2.37. The van der Waals surface area contributed by atoms with Crippen LogP contribution in [0.25, 0.3) is 0 Å². The van der Waals surface area contributed by atoms with E-state index in [1.807, 2.05) is 41.9 Å². The zero-order chi connectivity index (χ0) is 21.8. The Labute approximate surface area is 182 Å². The lowest BCUT2D eigenvalue weighted by atomic mass is 9.45. The van der Waals surface area contributed by atoms with Gasteiger partial charge in [-0.1, -0.05) is 0 Å². The van der Waals surface area contributed by atoms with Gasteiger partial charge in [0.15, 0.2) is 0 Å². The number of nitrogens with zero attached hydrogens (tertiary/aromatic N) is 5. The van der Waals surface area contributed by atoms with Gasteiger partial charge in [0.2, 0.25) is 11.8 Å². The Bertz CT molecular complexity index is 988. The maximum Gasteiger partial charge on any atom is 0.271 e. The minimum absolute atomic E-state index is 0.0490. The van der Waals surface area contributed by atoms with Crippen molar-refractivity contribution in [2.75, 3.05) is 34.8 Å². The highest BCUT2D eigenvalue weighted by Gasteiger charge is 2.25. The second kappa shape index (κ2) is 9.25. The molecule has 0 saturated carbocycles. The number of rotatable bonds is 5. The summed E-state index contributed by atoms with van der Waals surface area (Å²) in [7, 11) is 0. The Balaban J connectivity index is 1.27. The largest absolute Gasteiger partial charge is 0.373 e. The van der Waals surface area contributed by atoms with Crippen molar-refractivity contribution in [2.45, 2.75) is 45.4 Å². The van der Waals surface area contributed by atoms with Crippen LogP contribution in [0, 0.1) is 18.2 Å². The van der Waals surface area contributed by atoms with E-state index in [1.54, 1.807) is 4.90 Å². The molecule has 160 valence electrons. The molecule has 1 fully saturated rings. The van der Waals surface area contributed by atoms with Crippen LogP contribution < -0.4 is 15.1 Å². The summed E-state index contributed by atoms with van der Waals surface area (Å²) in [6.45, 7) is 5.31. The molecule has 1 N–H and O–H groups in total. The van der Waals surface area contributed by atoms with Gasteiger partial charge < -0.3 is 10.2 Å². The second-order valence-electron chi connectivity index (χ2n) is 8.25. The van der Waals surface area contributed by atoms with Gasteiger partial charge in [0, 0.05) is 62.4 Å². The van der Waals surface area contributed by atoms with E-state index >= 15 is 0 Å². The first-order chi connectivity index (χ1) is 15.0. The van der Waals surface area contributed by atoms with Gasteiger partial charge in [-0.2, -0.15) is 5.10 Å². The van der Waals surface area contributed by atoms with E-state index in [2.05, 4.69) is 21.3 Å². The maximum absolute atomic E-state index is 12.7. The summed E-state index contributed by atoms with van der Waals surface area (Å²) < 4.78 is 1.86. The molecular formula is C22H27BN6O2. The molecule has 1 saturated heterocycles. The van der Waals surface area contributed by atoms with E-state index in [-0.39, 0.29) is 31.4 Å². The van der Waals surface area contributed by atoms with E-state index in [0.717, 1.165) is 61.6 Å². The number of nitrogens with one attached hydrogen (secondary N) is 1. The van der Waals surface area contributed by atoms with Crippen LogP contribution in [0.3, 0.4) is 0 Å². The fraction of sp³-hybridized carbons (Fsp3) is 0.455. The molecule has 0 aliphatic carbocycles. The van der Waals surface area contributed by atoms with Gasteiger partial charge in [0.05, 0.1) is 5.69 Å². The number of carbonyl (C=O) groups excluding carboxylic acids is 2. The van der Waals surface area contributed by atoms with Crippen molar-refractivity contribution in [2.24, 2.45) is 0 Å². The lowest BCUT2D eigenvalue weighted by molar-refractivity contribution is -0.122. The summed E-state index contributed by atoms with van der Waals surface area (Å²) in [5, 5.41) is 16.3. The van der Waals surface area contributed by atoms with E-state index in [4.69, 9.17) is 5.26 Å². The van der Waals surface area contributed by atoms with Crippen LogP contribution in [0.15, 0.2) is 30.3 Å². The highest BCUT2D eigenvalue weighted by Crippen LogP contribution is 2.24. The van der Waals surface area contributed by atoms with Gasteiger partial charge in [0.25, 0.3) is 6.71 Å². The number of anilines is 3. The van der Waals surface area contributed by atoms with Gasteiger partial charge >= 0.3 is 0 Å². The molecule has 2 aliphatic heterocycles. The predicted molar refractivity (Wildman–Crippen MR) is 121 cm³/mol. The molecule has 9 heteroatoms. The Morgan fingerprint density at radius 1 is 1.13 bits per heavy atom. The molecule has 2 aliphatic rings. The first-order valence-electron chi connectivity index (χ1n) is 10.9. The SMILES string of the molecule is Cc1cc2n(n1)CCCN2C(=O)CCC(=O)Nc1ccc(N2CCB(C#N)CC2)cc1. The molecule has 0 radical (unpaired) electrons. The molecule has 8 nitrogen and oxygen atoms in total. The number of nitriles is 1. The van der Waals surface area contributed by atoms with Gasteiger partial charge in [-0.3, -0.25) is 14.5 Å². The molecule has 2 amide bonds. The molecule has 0 bridgehead atoms. The molecule has 3 heterocycles. The first kappa shape index (κ1) is 21.0. The third kappa shape index (κ3) is 4.90. The zero-order valence-electron chi connectivity index (χ0n) is 17.9. The average Bonchev–Trinajstić information content (AvgIpc) is 3.18. The monoisotopic (exact) mass is 418 g/mol. The minimum atomic E-state index is -0.169. The van der Waals surface area contributed by atoms with Crippen LogP contribution in [0.2, 0.25) is 12.6 Å². The summed E-state index contributed by atoms with van der Waals surface area (Å²) >= 11 is 0. The van der Waals surface area contributed by atoms with E-state index in [0.29, 0.717) is 6.54 Å². The van der Waals surface area contributed by atoms with Crippen molar-refractivity contribution < 1.29 is 9.59 Å². The number of hydrogen-bond donors (Lipinski definition) is 1. The lowest BCUT2D eigenvalue weighted by Gasteiger charge is -2.30. The van der Waals surface area contributed by atoms with E-state index in [1.165, 1.54) is 0 Å². The number of carbonyl (C=O) groups is 2. The molecule has 4 rings (SSSR count). The minimum Gasteiger partial charge on any atom is -0.373 e. The van der Waals surface area contributed by atoms with Crippen molar-refractivity contribution in [3.05, 3.63) is 36.0 Å². The standard InChI is InChI=1S/C22H27BN6O2/c1-17-15-21-28(11-2-12-29(21)26-17)22(31)8-7-20(30)25-18-3-5-19(6-4-18)27-13-9-23(16-24)10-14-27/h3-6,15H,2,7-14H2,1H3,(H,25,30). The number of benzene rings is 1. The Morgan fingerprint density at radius 3 is 2.58 bits per heavy atom. The van der Waals surface area contributed by atoms with Crippen molar-refractivity contribution in [1.82, 2.24) is 9.78 Å². The number of hydrogen-bond acceptors (Lipinski definition) is 5. The van der Waals surface area contributed by atoms with Crippen molar-refractivity contribution >= 4 is 35.7 Å². The molecule has 2 aromatic rings. The summed E-state index contributed by atoms with van der Waals surface area (Å²) in [6, 6.07) is 9.67. The number of aryl methyl sites for hydroxylation is 2. The molecule has 0 unspecified atom stereocenters. The molecular weight excluding hydrogens is 391 g/mol. The van der Waals surface area contributed by atoms with Crippen molar-refractivity contribution in [1.29, 1.82) is 5.26 Å². The molecule has 31 heavy (non-hydrogen) atoms. The van der Waals surface area contributed by atoms with Crippen molar-refractivity contribution in [3.8, 4) is 5.97 Å². The molecule has 1 aromatic heterocycles. The van der Waals surface area contributed by atoms with Crippen molar-refractivity contribution in [3.63, 3.8) is 0 Å². The smallest absolute Gasteiger partial charge is 0.271 e. The number of fused-ring (bicyclic) bond motifs is 1. The van der Waals surface area contributed by atoms with Crippen LogP contribution >= 0.6 is 0 Å². The van der Waals surface area contributed by atoms with Crippen LogP contribution in [-0.4, -0.2) is 47.9 Å². The Hall–Kier alpha value is -3.28. The predicted octanol–water partition coefficient (Wildman–Crippen LogP) is 2.72. The van der Waals surface area contributed by atoms with Crippen LogP contribution in [0.1, 0.15) is 25.0 Å². The number of amides is 2. The number of aromatic nitrogens is 2. The second-order valence-corrected chi connectivity index (χ2v) is 8.25. The molecule has 0 atom stereocenters. The Kier molecular flexibility index (Phi) is 6.26. The fourth-order valence-corrected chi connectivity index (χ4v) is 4.26. The van der Waals surface area contributed by atoms with Crippen LogP contribution in [0.5, 0.6) is 0 Å². The zero-order valence-corrected chi connectivity index (χ0v) is 17.9. The summed E-state index contributed by atoms with van der Waals surface area (Å²) in [5.74, 6) is 2.95. The topological polar surface area (TPSA) is 94.3 Å². The van der Waals surface area contributed by atoms with Gasteiger partial charge in [-0.25, -0.2) is 9.94 Å². The average molecular weight is 418 g/mol. The van der Waals surface area contributed by atoms with E-state index in [9.17, 15) is 9.59 Å². The molecule has 0 spiro atoms. The Morgan fingerprint density at radius 2 is 1.87 bits per heavy atom. The van der Waals surface area contributed by atoms with Gasteiger partial charge in [-0.05, 0) is 50.3 Å². The van der Waals surface area contributed by atoms with Gasteiger partial charge in [-0.15, -0.1) is 0 Å². The van der Waals surface area contributed by atoms with E-state index < -0.39 is 0 Å². The highest BCUT2D eigenvalue weighted by atomic mass is 16.2. The summed E-state index contributed by atoms with van der Waals surface area (Å²) in [4.78, 5) is 29.0. The maximum atomic E-state index is 12.7. The third-order valence-electron chi connectivity index (χ3n) is 5.97. The summed E-state index contributed by atoms with van der Waals surface area (Å²) in [5.41, 5.74) is 2.71. The van der Waals surface area contributed by atoms with Gasteiger partial charge in [0.1, 0.15) is 5.82 Å². The van der Waals surface area contributed by atoms with Crippen LogP contribution in [0.4, 0.5) is 17.2 Å². The third-order valence-corrected chi connectivity index (χ3v) is 5.97. The van der Waals surface area contributed by atoms with Crippen LogP contribution in [-0.2, 0) is 16.1 Å². The quantitative estimate of drug-likeness (QED) is 0.754. The molecule has 1 aromatic carbocycles. The fourth-order valence-electron chi connectivity index (χ4n) is 4.26. The first-order valence-corrected chi connectivity index (χ1v) is 10.9.